The first-order chi connectivity index (χ1) is 16.8. The second-order valence-corrected chi connectivity index (χ2v) is 11.3. The number of benzene rings is 2. The number of hydrogen-bond donors (Lipinski definition) is 2. The molecule has 2 aliphatic heterocycles. The number of piperidine rings is 1. The summed E-state index contributed by atoms with van der Waals surface area (Å²) in [5.74, 6) is -0.808. The first-order valence-electron chi connectivity index (χ1n) is 12.1. The van der Waals surface area contributed by atoms with E-state index in [1.54, 1.807) is 24.3 Å². The number of nitrogens with one attached hydrogen (secondary N) is 2. The van der Waals surface area contributed by atoms with Gasteiger partial charge in [-0.2, -0.15) is 0 Å². The molecule has 8 nitrogen and oxygen atoms in total. The fraction of sp³-hybridized carbons (Fsp3) is 0.462. The van der Waals surface area contributed by atoms with Gasteiger partial charge in [-0.3, -0.25) is 9.59 Å². The van der Waals surface area contributed by atoms with Gasteiger partial charge in [0, 0.05) is 32.2 Å². The van der Waals surface area contributed by atoms with E-state index in [2.05, 4.69) is 10.6 Å². The van der Waals surface area contributed by atoms with Gasteiger partial charge < -0.3 is 15.4 Å². The number of amides is 2. The Morgan fingerprint density at radius 1 is 1.06 bits per heavy atom. The van der Waals surface area contributed by atoms with Crippen LogP contribution in [0.1, 0.15) is 47.2 Å². The number of para-hydroxylation sites is 1. The zero-order chi connectivity index (χ0) is 24.8. The van der Waals surface area contributed by atoms with Crippen molar-refractivity contribution < 1.29 is 22.7 Å². The molecule has 9 heteroatoms. The van der Waals surface area contributed by atoms with E-state index in [0.29, 0.717) is 43.7 Å². The fourth-order valence-electron chi connectivity index (χ4n) is 4.63. The van der Waals surface area contributed by atoms with Crippen LogP contribution in [0.3, 0.4) is 0 Å². The van der Waals surface area contributed by atoms with Gasteiger partial charge in [-0.1, -0.05) is 42.0 Å². The van der Waals surface area contributed by atoms with Crippen molar-refractivity contribution in [2.45, 2.75) is 44.5 Å². The molecule has 1 atom stereocenters. The zero-order valence-electron chi connectivity index (χ0n) is 20.0. The van der Waals surface area contributed by atoms with Crippen LogP contribution in [0, 0.1) is 12.8 Å². The summed E-state index contributed by atoms with van der Waals surface area (Å²) in [6.45, 7) is 3.70. The van der Waals surface area contributed by atoms with Crippen molar-refractivity contribution >= 4 is 27.5 Å². The van der Waals surface area contributed by atoms with Crippen LogP contribution >= 0.6 is 0 Å². The number of carbonyl (C=O) groups excluding carboxylic acids is 2. The second kappa shape index (κ2) is 11.3. The lowest BCUT2D eigenvalue weighted by atomic mass is 9.97. The number of nitrogens with zero attached hydrogens (tertiary/aromatic N) is 1. The Hall–Kier alpha value is -2.75. The summed E-state index contributed by atoms with van der Waals surface area (Å²) in [5, 5.41) is 5.78. The van der Waals surface area contributed by atoms with E-state index in [4.69, 9.17) is 4.74 Å². The normalized spacial score (nSPS) is 19.4. The van der Waals surface area contributed by atoms with Crippen LogP contribution in [0.25, 0.3) is 0 Å². The van der Waals surface area contributed by atoms with Crippen LogP contribution in [0.2, 0.25) is 0 Å². The van der Waals surface area contributed by atoms with E-state index in [9.17, 15) is 18.0 Å². The average molecular weight is 500 g/mol. The number of ether oxygens (including phenoxy) is 1. The molecule has 2 saturated heterocycles. The van der Waals surface area contributed by atoms with Crippen molar-refractivity contribution in [1.82, 2.24) is 9.62 Å². The summed E-state index contributed by atoms with van der Waals surface area (Å²) < 4.78 is 32.8. The molecule has 0 spiro atoms. The van der Waals surface area contributed by atoms with Crippen molar-refractivity contribution in [2.75, 3.05) is 31.6 Å². The van der Waals surface area contributed by atoms with Gasteiger partial charge >= 0.3 is 0 Å². The van der Waals surface area contributed by atoms with Gasteiger partial charge in [0.05, 0.1) is 23.1 Å². The highest BCUT2D eigenvalue weighted by Gasteiger charge is 2.31. The Morgan fingerprint density at radius 3 is 2.54 bits per heavy atom. The van der Waals surface area contributed by atoms with Crippen molar-refractivity contribution in [3.63, 3.8) is 0 Å². The first-order valence-corrected chi connectivity index (χ1v) is 13.8. The zero-order valence-corrected chi connectivity index (χ0v) is 20.9. The summed E-state index contributed by atoms with van der Waals surface area (Å²) in [6.07, 6.45) is 2.84. The molecule has 0 bridgehead atoms. The molecule has 2 heterocycles. The lowest BCUT2D eigenvalue weighted by Gasteiger charge is -2.30. The minimum Gasteiger partial charge on any atom is -0.376 e. The number of carbonyl (C=O) groups is 2. The van der Waals surface area contributed by atoms with Crippen LogP contribution in [-0.2, 0) is 25.3 Å². The largest absolute Gasteiger partial charge is 0.376 e. The van der Waals surface area contributed by atoms with Crippen LogP contribution in [0.4, 0.5) is 5.69 Å². The van der Waals surface area contributed by atoms with Gasteiger partial charge in [-0.15, -0.1) is 0 Å². The van der Waals surface area contributed by atoms with Crippen molar-refractivity contribution in [3.05, 3.63) is 65.2 Å². The van der Waals surface area contributed by atoms with E-state index < -0.39 is 10.0 Å². The highest BCUT2D eigenvalue weighted by atomic mass is 32.2. The molecular weight excluding hydrogens is 466 g/mol. The molecule has 35 heavy (non-hydrogen) atoms. The molecule has 0 aliphatic carbocycles. The van der Waals surface area contributed by atoms with Crippen molar-refractivity contribution in [1.29, 1.82) is 0 Å². The third-order valence-corrected chi connectivity index (χ3v) is 8.44. The number of sulfonamides is 1. The number of anilines is 1. The monoisotopic (exact) mass is 499 g/mol. The van der Waals surface area contributed by atoms with E-state index in [1.165, 1.54) is 4.31 Å². The molecule has 188 valence electrons. The van der Waals surface area contributed by atoms with Gasteiger partial charge in [0.15, 0.2) is 0 Å². The van der Waals surface area contributed by atoms with E-state index in [0.717, 1.165) is 30.6 Å². The minimum atomic E-state index is -3.45. The molecule has 2 N–H and O–H groups in total. The minimum absolute atomic E-state index is 0.0353. The Labute approximate surface area is 207 Å². The maximum absolute atomic E-state index is 13.0. The van der Waals surface area contributed by atoms with Crippen LogP contribution in [0.5, 0.6) is 0 Å². The Bertz CT molecular complexity index is 1150. The third-order valence-electron chi connectivity index (χ3n) is 6.59. The predicted molar refractivity (Wildman–Crippen MR) is 134 cm³/mol. The first kappa shape index (κ1) is 25.3. The lowest BCUT2D eigenvalue weighted by molar-refractivity contribution is -0.120. The standard InChI is InChI=1S/C26H33N3O5S/c1-19-6-4-7-20(16-19)18-35(32,33)29-13-11-21(12-14-29)25(30)28-24-10-3-2-9-23(24)26(31)27-17-22-8-5-15-34-22/h2-4,6-7,9-10,16,21-22H,5,8,11-15,17-18H2,1H3,(H,27,31)(H,28,30). The molecule has 1 unspecified atom stereocenters. The Balaban J connectivity index is 1.31. The molecule has 2 aromatic rings. The number of rotatable bonds is 8. The van der Waals surface area contributed by atoms with Crippen LogP contribution in [0.15, 0.2) is 48.5 Å². The number of hydrogen-bond acceptors (Lipinski definition) is 5. The van der Waals surface area contributed by atoms with Gasteiger partial charge in [-0.05, 0) is 50.3 Å². The smallest absolute Gasteiger partial charge is 0.253 e. The van der Waals surface area contributed by atoms with E-state index in [-0.39, 0.29) is 29.6 Å². The molecular formula is C26H33N3O5S. The molecule has 0 aromatic heterocycles. The van der Waals surface area contributed by atoms with Crippen molar-refractivity contribution in [3.8, 4) is 0 Å². The van der Waals surface area contributed by atoms with Gasteiger partial charge in [0.1, 0.15) is 0 Å². The maximum atomic E-state index is 13.0. The molecule has 2 fully saturated rings. The van der Waals surface area contributed by atoms with E-state index in [1.807, 2.05) is 31.2 Å². The Kier molecular flexibility index (Phi) is 8.20. The Morgan fingerprint density at radius 2 is 1.83 bits per heavy atom. The second-order valence-electron chi connectivity index (χ2n) is 9.30. The summed E-state index contributed by atoms with van der Waals surface area (Å²) in [7, 11) is -3.45. The highest BCUT2D eigenvalue weighted by Crippen LogP contribution is 2.24. The summed E-state index contributed by atoms with van der Waals surface area (Å²) in [4.78, 5) is 25.7. The average Bonchev–Trinajstić information content (AvgIpc) is 3.36. The summed E-state index contributed by atoms with van der Waals surface area (Å²) >= 11 is 0. The molecule has 4 rings (SSSR count). The molecule has 0 radical (unpaired) electrons. The van der Waals surface area contributed by atoms with Crippen LogP contribution < -0.4 is 10.6 Å². The van der Waals surface area contributed by atoms with Crippen LogP contribution in [-0.4, -0.2) is 56.9 Å². The quantitative estimate of drug-likeness (QED) is 0.581. The third kappa shape index (κ3) is 6.68. The highest BCUT2D eigenvalue weighted by molar-refractivity contribution is 7.88. The SMILES string of the molecule is Cc1cccc(CS(=O)(=O)N2CCC(C(=O)Nc3ccccc3C(=O)NCC3CCCO3)CC2)c1. The molecule has 2 amide bonds. The predicted octanol–water partition coefficient (Wildman–Crippen LogP) is 3.08. The van der Waals surface area contributed by atoms with Gasteiger partial charge in [0.25, 0.3) is 5.91 Å². The van der Waals surface area contributed by atoms with E-state index >= 15 is 0 Å². The van der Waals surface area contributed by atoms with Gasteiger partial charge in [-0.25, -0.2) is 12.7 Å². The molecule has 0 saturated carbocycles. The molecule has 2 aromatic carbocycles. The fourth-order valence-corrected chi connectivity index (χ4v) is 6.18. The topological polar surface area (TPSA) is 105 Å². The lowest BCUT2D eigenvalue weighted by Crippen LogP contribution is -2.42. The van der Waals surface area contributed by atoms with Gasteiger partial charge in [0.2, 0.25) is 15.9 Å². The number of aryl methyl sites for hydroxylation is 1. The molecule has 2 aliphatic rings. The summed E-state index contributed by atoms with van der Waals surface area (Å²) in [6, 6.07) is 14.4. The maximum Gasteiger partial charge on any atom is 0.253 e. The summed E-state index contributed by atoms with van der Waals surface area (Å²) in [5.41, 5.74) is 2.64. The van der Waals surface area contributed by atoms with Crippen molar-refractivity contribution in [2.24, 2.45) is 5.92 Å².